The van der Waals surface area contributed by atoms with Crippen molar-refractivity contribution in [2.75, 3.05) is 40.3 Å². The molecule has 2 heterocycles. The Kier molecular flexibility index (Phi) is 4.61. The summed E-state index contributed by atoms with van der Waals surface area (Å²) in [6.45, 7) is 2.83. The number of phenolic OH excluding ortho intramolecular Hbond substituents is 1. The highest BCUT2D eigenvalue weighted by atomic mass is 16.6. The zero-order valence-electron chi connectivity index (χ0n) is 13.7. The number of amides is 1. The Hall–Kier alpha value is -1.95. The predicted octanol–water partition coefficient (Wildman–Crippen LogP) is 1.33. The fourth-order valence-electron chi connectivity index (χ4n) is 3.10. The first-order valence-corrected chi connectivity index (χ1v) is 8.09. The fourth-order valence-corrected chi connectivity index (χ4v) is 3.10. The lowest BCUT2D eigenvalue weighted by Gasteiger charge is -2.29. The third-order valence-corrected chi connectivity index (χ3v) is 4.44. The van der Waals surface area contributed by atoms with Gasteiger partial charge in [0.05, 0.1) is 0 Å². The molecule has 2 aliphatic heterocycles. The van der Waals surface area contributed by atoms with E-state index in [0.717, 1.165) is 32.5 Å². The van der Waals surface area contributed by atoms with Crippen molar-refractivity contribution in [2.24, 2.45) is 5.92 Å². The Bertz CT molecular complexity index is 576. The summed E-state index contributed by atoms with van der Waals surface area (Å²) in [6.07, 6.45) is 1.52. The van der Waals surface area contributed by atoms with E-state index < -0.39 is 6.10 Å². The first kappa shape index (κ1) is 15.9. The van der Waals surface area contributed by atoms with Crippen LogP contribution in [-0.4, -0.2) is 67.3 Å². The van der Waals surface area contributed by atoms with Gasteiger partial charge in [0.15, 0.2) is 11.5 Å². The van der Waals surface area contributed by atoms with Gasteiger partial charge in [-0.25, -0.2) is 0 Å². The lowest BCUT2D eigenvalue weighted by Crippen LogP contribution is -2.45. The molecule has 2 unspecified atom stereocenters. The van der Waals surface area contributed by atoms with Gasteiger partial charge in [0.2, 0.25) is 6.10 Å². The van der Waals surface area contributed by atoms with Crippen molar-refractivity contribution >= 4 is 5.91 Å². The van der Waals surface area contributed by atoms with Crippen LogP contribution in [0.3, 0.4) is 0 Å². The van der Waals surface area contributed by atoms with Crippen LogP contribution in [0.15, 0.2) is 18.2 Å². The monoisotopic (exact) mass is 320 g/mol. The normalized spacial score (nSPS) is 23.3. The Labute approximate surface area is 136 Å². The molecule has 2 atom stereocenters. The number of nitrogens with zero attached hydrogens (tertiary/aromatic N) is 2. The van der Waals surface area contributed by atoms with Crippen LogP contribution in [0.4, 0.5) is 0 Å². The Morgan fingerprint density at radius 3 is 3.00 bits per heavy atom. The first-order valence-electron chi connectivity index (χ1n) is 8.09. The van der Waals surface area contributed by atoms with E-state index in [9.17, 15) is 9.90 Å². The summed E-state index contributed by atoms with van der Waals surface area (Å²) >= 11 is 0. The van der Waals surface area contributed by atoms with E-state index >= 15 is 0 Å². The molecule has 0 aliphatic carbocycles. The lowest BCUT2D eigenvalue weighted by atomic mass is 10.1. The van der Waals surface area contributed by atoms with E-state index in [-0.39, 0.29) is 18.3 Å². The molecule has 1 aromatic rings. The predicted molar refractivity (Wildman–Crippen MR) is 85.9 cm³/mol. The van der Waals surface area contributed by atoms with Gasteiger partial charge in [-0.2, -0.15) is 0 Å². The van der Waals surface area contributed by atoms with Gasteiger partial charge in [-0.15, -0.1) is 0 Å². The highest BCUT2D eigenvalue weighted by molar-refractivity contribution is 5.82. The number of fused-ring (bicyclic) bond motifs is 1. The minimum atomic E-state index is -0.628. The van der Waals surface area contributed by atoms with Gasteiger partial charge in [-0.3, -0.25) is 4.79 Å². The molecule has 2 aliphatic rings. The summed E-state index contributed by atoms with van der Waals surface area (Å²) in [5, 5.41) is 9.53. The maximum Gasteiger partial charge on any atom is 0.267 e. The van der Waals surface area contributed by atoms with Gasteiger partial charge in [0, 0.05) is 19.2 Å². The molecule has 0 bridgehead atoms. The largest absolute Gasteiger partial charge is 0.508 e. The molecule has 23 heavy (non-hydrogen) atoms. The second-order valence-electron chi connectivity index (χ2n) is 6.58. The quantitative estimate of drug-likeness (QED) is 0.907. The average molecular weight is 320 g/mol. The minimum Gasteiger partial charge on any atom is -0.508 e. The molecule has 0 spiro atoms. The molecule has 0 radical (unpaired) electrons. The smallest absolute Gasteiger partial charge is 0.267 e. The molecular formula is C17H24N2O4. The number of carbonyl (C=O) groups is 1. The van der Waals surface area contributed by atoms with Crippen LogP contribution in [0.5, 0.6) is 17.2 Å². The third kappa shape index (κ3) is 3.69. The Morgan fingerprint density at radius 2 is 2.22 bits per heavy atom. The summed E-state index contributed by atoms with van der Waals surface area (Å²) in [5.74, 6) is 1.63. The second kappa shape index (κ2) is 6.66. The van der Waals surface area contributed by atoms with E-state index in [1.165, 1.54) is 6.07 Å². The number of phenols is 1. The summed E-state index contributed by atoms with van der Waals surface area (Å²) in [6, 6.07) is 4.68. The van der Waals surface area contributed by atoms with Crippen LogP contribution in [0.2, 0.25) is 0 Å². The standard InChI is InChI=1S/C17H24N2O4/c1-18(2)7-5-12-6-8-19(10-12)17(21)16-11-22-14-4-3-13(20)9-15(14)23-16/h3-4,9,12,16,20H,5-8,10-11H2,1-2H3. The number of hydrogen-bond acceptors (Lipinski definition) is 5. The van der Waals surface area contributed by atoms with Gasteiger partial charge >= 0.3 is 0 Å². The Morgan fingerprint density at radius 1 is 1.39 bits per heavy atom. The van der Waals surface area contributed by atoms with E-state index in [0.29, 0.717) is 17.4 Å². The number of hydrogen-bond donors (Lipinski definition) is 1. The van der Waals surface area contributed by atoms with Crippen LogP contribution in [0.1, 0.15) is 12.8 Å². The van der Waals surface area contributed by atoms with Gasteiger partial charge < -0.3 is 24.4 Å². The van der Waals surface area contributed by atoms with Crippen LogP contribution in [-0.2, 0) is 4.79 Å². The topological polar surface area (TPSA) is 62.2 Å². The van der Waals surface area contributed by atoms with E-state index in [1.54, 1.807) is 12.1 Å². The molecule has 1 saturated heterocycles. The number of carbonyl (C=O) groups excluding carboxylic acids is 1. The molecule has 3 rings (SSSR count). The zero-order valence-corrected chi connectivity index (χ0v) is 13.7. The van der Waals surface area contributed by atoms with Crippen LogP contribution >= 0.6 is 0 Å². The molecule has 126 valence electrons. The molecule has 6 heteroatoms. The van der Waals surface area contributed by atoms with Gasteiger partial charge in [-0.05, 0) is 51.5 Å². The maximum absolute atomic E-state index is 12.6. The number of benzene rings is 1. The first-order chi connectivity index (χ1) is 11.0. The van der Waals surface area contributed by atoms with Gasteiger partial charge in [0.25, 0.3) is 5.91 Å². The van der Waals surface area contributed by atoms with E-state index in [2.05, 4.69) is 19.0 Å². The number of ether oxygens (including phenoxy) is 2. The zero-order chi connectivity index (χ0) is 16.4. The van der Waals surface area contributed by atoms with Crippen molar-refractivity contribution in [3.05, 3.63) is 18.2 Å². The van der Waals surface area contributed by atoms with E-state index in [4.69, 9.17) is 9.47 Å². The van der Waals surface area contributed by atoms with Crippen LogP contribution in [0.25, 0.3) is 0 Å². The molecule has 0 aromatic heterocycles. The molecular weight excluding hydrogens is 296 g/mol. The highest BCUT2D eigenvalue weighted by Gasteiger charge is 2.34. The number of rotatable bonds is 4. The van der Waals surface area contributed by atoms with Crippen molar-refractivity contribution < 1.29 is 19.4 Å². The maximum atomic E-state index is 12.6. The highest BCUT2D eigenvalue weighted by Crippen LogP contribution is 2.35. The lowest BCUT2D eigenvalue weighted by molar-refractivity contribution is -0.140. The third-order valence-electron chi connectivity index (χ3n) is 4.44. The van der Waals surface area contributed by atoms with Crippen LogP contribution < -0.4 is 9.47 Å². The van der Waals surface area contributed by atoms with Crippen molar-refractivity contribution in [3.63, 3.8) is 0 Å². The second-order valence-corrected chi connectivity index (χ2v) is 6.58. The minimum absolute atomic E-state index is 0.0219. The van der Waals surface area contributed by atoms with Gasteiger partial charge in [-0.1, -0.05) is 0 Å². The summed E-state index contributed by atoms with van der Waals surface area (Å²) < 4.78 is 11.3. The summed E-state index contributed by atoms with van der Waals surface area (Å²) in [5.41, 5.74) is 0. The molecule has 1 N–H and O–H groups in total. The molecule has 1 fully saturated rings. The summed E-state index contributed by atoms with van der Waals surface area (Å²) in [4.78, 5) is 16.7. The average Bonchev–Trinajstić information content (AvgIpc) is 3.00. The molecule has 0 saturated carbocycles. The summed E-state index contributed by atoms with van der Waals surface area (Å²) in [7, 11) is 4.13. The molecule has 6 nitrogen and oxygen atoms in total. The Balaban J connectivity index is 1.57. The van der Waals surface area contributed by atoms with Crippen molar-refractivity contribution in [3.8, 4) is 17.2 Å². The van der Waals surface area contributed by atoms with Crippen molar-refractivity contribution in [1.29, 1.82) is 0 Å². The fraction of sp³-hybridized carbons (Fsp3) is 0.588. The van der Waals surface area contributed by atoms with Crippen molar-refractivity contribution in [1.82, 2.24) is 9.80 Å². The van der Waals surface area contributed by atoms with Crippen LogP contribution in [0, 0.1) is 5.92 Å². The van der Waals surface area contributed by atoms with Crippen molar-refractivity contribution in [2.45, 2.75) is 18.9 Å². The molecule has 1 aromatic carbocycles. The number of aromatic hydroxyl groups is 1. The van der Waals surface area contributed by atoms with E-state index in [1.807, 2.05) is 4.90 Å². The SMILES string of the molecule is CN(C)CCC1CCN(C(=O)C2COc3ccc(O)cc3O2)C1. The van der Waals surface area contributed by atoms with Gasteiger partial charge in [0.1, 0.15) is 12.4 Å². The molecule has 1 amide bonds. The number of likely N-dealkylation sites (tertiary alicyclic amines) is 1.